The summed E-state index contributed by atoms with van der Waals surface area (Å²) < 4.78 is 0. The zero-order chi connectivity index (χ0) is 35.6. The molecule has 0 bridgehead atoms. The molecule has 14 nitrogen and oxygen atoms in total. The quantitative estimate of drug-likeness (QED) is 0.161. The third-order valence-corrected chi connectivity index (χ3v) is 10.6. The molecule has 1 saturated heterocycles. The monoisotopic (exact) mass is 692 g/mol. The lowest BCUT2D eigenvalue weighted by Gasteiger charge is -2.34. The van der Waals surface area contributed by atoms with E-state index in [4.69, 9.17) is 0 Å². The van der Waals surface area contributed by atoms with Gasteiger partial charge in [0, 0.05) is 44.0 Å². The number of aromatic nitrogens is 2. The molecule has 1 aromatic heterocycles. The lowest BCUT2D eigenvalue weighted by atomic mass is 9.83. The molecular weight excluding hydrogens is 640 g/mol. The first-order valence-corrected chi connectivity index (χ1v) is 18.4. The van der Waals surface area contributed by atoms with Gasteiger partial charge >= 0.3 is 0 Å². The van der Waals surface area contributed by atoms with E-state index in [1.54, 1.807) is 4.90 Å². The van der Waals surface area contributed by atoms with E-state index in [2.05, 4.69) is 43.1 Å². The van der Waals surface area contributed by atoms with Gasteiger partial charge in [-0.25, -0.2) is 4.98 Å². The first kappa shape index (κ1) is 36.9. The number of rotatable bonds is 16. The van der Waals surface area contributed by atoms with Crippen molar-refractivity contribution in [1.82, 2.24) is 41.5 Å². The predicted octanol–water partition coefficient (Wildman–Crippen LogP) is 1.52. The zero-order valence-corrected chi connectivity index (χ0v) is 29.0. The first-order chi connectivity index (χ1) is 24.2. The highest BCUT2D eigenvalue weighted by molar-refractivity contribution is 5.98. The number of amides is 6. The van der Waals surface area contributed by atoms with Crippen molar-refractivity contribution in [3.05, 3.63) is 36.9 Å². The van der Waals surface area contributed by atoms with E-state index in [0.717, 1.165) is 76.7 Å². The summed E-state index contributed by atoms with van der Waals surface area (Å²) in [6.07, 6.45) is 15.7. The van der Waals surface area contributed by atoms with Crippen molar-refractivity contribution in [2.75, 3.05) is 13.1 Å². The van der Waals surface area contributed by atoms with Crippen LogP contribution in [0.2, 0.25) is 0 Å². The SMILES string of the molecule is C=CC(=O)NC[C@H](NC(=O)[C@@H](NC(=O)c1cnccn1)C1CCCCC1)C(=O)N1C[C@@H]2CCC[C@@H]2C1C(=O)N[C@@H](CCC)CC(=O)NC1CC1. The van der Waals surface area contributed by atoms with Crippen LogP contribution in [0.4, 0.5) is 0 Å². The Morgan fingerprint density at radius 1 is 0.960 bits per heavy atom. The Bertz CT molecular complexity index is 1400. The largest absolute Gasteiger partial charge is 0.353 e. The average Bonchev–Trinajstić information content (AvgIpc) is 3.68. The van der Waals surface area contributed by atoms with Gasteiger partial charge in [-0.05, 0) is 68.8 Å². The predicted molar refractivity (Wildman–Crippen MR) is 184 cm³/mol. The Labute approximate surface area is 293 Å². The van der Waals surface area contributed by atoms with Crippen LogP contribution in [0.3, 0.4) is 0 Å². The Balaban J connectivity index is 1.35. The van der Waals surface area contributed by atoms with E-state index in [0.29, 0.717) is 13.0 Å². The number of hydrogen-bond acceptors (Lipinski definition) is 8. The number of carbonyl (C=O) groups is 6. The molecule has 1 aromatic rings. The number of hydrogen-bond donors (Lipinski definition) is 5. The molecule has 5 rings (SSSR count). The summed E-state index contributed by atoms with van der Waals surface area (Å²) in [5, 5.41) is 14.4. The molecular formula is C36H52N8O6. The minimum atomic E-state index is -1.21. The Hall–Kier alpha value is -4.36. The Morgan fingerprint density at radius 2 is 1.74 bits per heavy atom. The highest BCUT2D eigenvalue weighted by Crippen LogP contribution is 2.42. The molecule has 0 spiro atoms. The van der Waals surface area contributed by atoms with Gasteiger partial charge in [0.1, 0.15) is 23.8 Å². The minimum absolute atomic E-state index is 0.0538. The molecule has 6 amide bonds. The molecule has 14 heteroatoms. The third-order valence-electron chi connectivity index (χ3n) is 10.6. The molecule has 5 N–H and O–H groups in total. The molecule has 4 aliphatic rings. The lowest BCUT2D eigenvalue weighted by molar-refractivity contribution is -0.143. The number of likely N-dealkylation sites (tertiary alicyclic amines) is 1. The highest BCUT2D eigenvalue weighted by atomic mass is 16.2. The van der Waals surface area contributed by atoms with Gasteiger partial charge in [0.2, 0.25) is 29.5 Å². The number of nitrogens with one attached hydrogen (secondary N) is 5. The van der Waals surface area contributed by atoms with Crippen molar-refractivity contribution in [2.45, 2.75) is 121 Å². The molecule has 50 heavy (non-hydrogen) atoms. The number of nitrogens with zero attached hydrogens (tertiary/aromatic N) is 3. The molecule has 6 atom stereocenters. The molecule has 3 saturated carbocycles. The van der Waals surface area contributed by atoms with Gasteiger partial charge in [-0.15, -0.1) is 0 Å². The van der Waals surface area contributed by atoms with Gasteiger partial charge in [-0.2, -0.15) is 0 Å². The molecule has 1 unspecified atom stereocenters. The molecule has 0 radical (unpaired) electrons. The van der Waals surface area contributed by atoms with Crippen LogP contribution in [-0.4, -0.2) is 93.6 Å². The smallest absolute Gasteiger partial charge is 0.272 e. The summed E-state index contributed by atoms with van der Waals surface area (Å²) in [6.45, 7) is 5.61. The molecule has 272 valence electrons. The molecule has 4 fully saturated rings. The molecule has 2 heterocycles. The van der Waals surface area contributed by atoms with Gasteiger partial charge in [-0.3, -0.25) is 33.8 Å². The van der Waals surface area contributed by atoms with E-state index >= 15 is 0 Å². The summed E-state index contributed by atoms with van der Waals surface area (Å²) >= 11 is 0. The zero-order valence-electron chi connectivity index (χ0n) is 29.0. The Kier molecular flexibility index (Phi) is 12.9. The topological polar surface area (TPSA) is 192 Å². The van der Waals surface area contributed by atoms with Crippen molar-refractivity contribution >= 4 is 35.4 Å². The van der Waals surface area contributed by atoms with E-state index in [-0.39, 0.29) is 60.3 Å². The second-order valence-electron chi connectivity index (χ2n) is 14.3. The highest BCUT2D eigenvalue weighted by Gasteiger charge is 2.51. The summed E-state index contributed by atoms with van der Waals surface area (Å²) in [5.74, 6) is -2.60. The fourth-order valence-electron chi connectivity index (χ4n) is 7.90. The summed E-state index contributed by atoms with van der Waals surface area (Å²) in [4.78, 5) is 90.3. The second kappa shape index (κ2) is 17.5. The van der Waals surface area contributed by atoms with Crippen LogP contribution in [0.15, 0.2) is 31.2 Å². The first-order valence-electron chi connectivity index (χ1n) is 18.4. The second-order valence-corrected chi connectivity index (χ2v) is 14.3. The fraction of sp³-hybridized carbons (Fsp3) is 0.667. The van der Waals surface area contributed by atoms with E-state index in [9.17, 15) is 28.8 Å². The normalized spacial score (nSPS) is 23.5. The van der Waals surface area contributed by atoms with Gasteiger partial charge in [-0.1, -0.05) is 45.6 Å². The van der Waals surface area contributed by atoms with Crippen LogP contribution >= 0.6 is 0 Å². The maximum absolute atomic E-state index is 14.5. The number of fused-ring (bicyclic) bond motifs is 1. The van der Waals surface area contributed by atoms with Crippen LogP contribution in [0.25, 0.3) is 0 Å². The number of carbonyl (C=O) groups excluding carboxylic acids is 6. The summed E-state index contributed by atoms with van der Waals surface area (Å²) in [5.41, 5.74) is 0.0656. The van der Waals surface area contributed by atoms with E-state index in [1.807, 2.05) is 6.92 Å². The van der Waals surface area contributed by atoms with Crippen LogP contribution in [-0.2, 0) is 24.0 Å². The fourth-order valence-corrected chi connectivity index (χ4v) is 7.90. The van der Waals surface area contributed by atoms with Gasteiger partial charge in [0.05, 0.1) is 6.20 Å². The lowest BCUT2D eigenvalue weighted by Crippen LogP contribution is -2.61. The van der Waals surface area contributed by atoms with Crippen LogP contribution in [0.5, 0.6) is 0 Å². The third kappa shape index (κ3) is 9.66. The maximum atomic E-state index is 14.5. The van der Waals surface area contributed by atoms with Crippen LogP contribution in [0.1, 0.15) is 101 Å². The van der Waals surface area contributed by atoms with Crippen molar-refractivity contribution < 1.29 is 28.8 Å². The van der Waals surface area contributed by atoms with E-state index < -0.39 is 41.8 Å². The molecule has 1 aliphatic heterocycles. The summed E-state index contributed by atoms with van der Waals surface area (Å²) in [7, 11) is 0. The van der Waals surface area contributed by atoms with Crippen molar-refractivity contribution in [1.29, 1.82) is 0 Å². The standard InChI is InChI=1S/C36H52N8O6/c1-3-9-25(18-30(46)40-24-14-15-24)41-35(49)32-26-13-8-12-23(26)21-44(32)36(50)28(20-39-29(45)4-2)42-34(48)31(22-10-6-5-7-11-22)43-33(47)27-19-37-16-17-38-27/h4,16-17,19,22-26,28,31-32H,2-3,5-15,18,20-21H2,1H3,(H,39,45)(H,40,46)(H,41,49)(H,42,48)(H,43,47)/t23-,25-,26-,28-,31-,32?/m0/s1. The average molecular weight is 693 g/mol. The van der Waals surface area contributed by atoms with Crippen molar-refractivity contribution in [3.63, 3.8) is 0 Å². The molecule has 0 aromatic carbocycles. The Morgan fingerprint density at radius 3 is 2.42 bits per heavy atom. The van der Waals surface area contributed by atoms with Crippen molar-refractivity contribution in [3.8, 4) is 0 Å². The van der Waals surface area contributed by atoms with Gasteiger partial charge < -0.3 is 31.5 Å². The van der Waals surface area contributed by atoms with Crippen LogP contribution < -0.4 is 26.6 Å². The van der Waals surface area contributed by atoms with Crippen molar-refractivity contribution in [2.24, 2.45) is 17.8 Å². The minimum Gasteiger partial charge on any atom is -0.353 e. The molecule has 3 aliphatic carbocycles. The van der Waals surface area contributed by atoms with Gasteiger partial charge in [0.25, 0.3) is 5.91 Å². The van der Waals surface area contributed by atoms with Crippen LogP contribution in [0, 0.1) is 17.8 Å². The maximum Gasteiger partial charge on any atom is 0.272 e. The van der Waals surface area contributed by atoms with E-state index in [1.165, 1.54) is 18.6 Å². The van der Waals surface area contributed by atoms with Gasteiger partial charge in [0.15, 0.2) is 0 Å². The summed E-state index contributed by atoms with van der Waals surface area (Å²) in [6, 6.07) is -3.10.